The van der Waals surface area contributed by atoms with Gasteiger partial charge in [0.1, 0.15) is 6.61 Å². The van der Waals surface area contributed by atoms with Gasteiger partial charge in [0, 0.05) is 37.6 Å². The lowest BCUT2D eigenvalue weighted by Crippen LogP contribution is -2.53. The average Bonchev–Trinajstić information content (AvgIpc) is 3.14. The van der Waals surface area contributed by atoms with Gasteiger partial charge in [-0.2, -0.15) is 0 Å². The lowest BCUT2D eigenvalue weighted by Gasteiger charge is -2.37. The number of thiophene rings is 1. The van der Waals surface area contributed by atoms with E-state index in [0.717, 1.165) is 32.7 Å². The van der Waals surface area contributed by atoms with Gasteiger partial charge in [0.25, 0.3) is 5.91 Å². The van der Waals surface area contributed by atoms with Crippen molar-refractivity contribution < 1.29 is 14.3 Å². The molecule has 4 rings (SSSR count). The highest BCUT2D eigenvalue weighted by Crippen LogP contribution is 2.31. The summed E-state index contributed by atoms with van der Waals surface area (Å²) in [6.07, 6.45) is -0.538. The van der Waals surface area contributed by atoms with E-state index in [0.29, 0.717) is 11.5 Å². The molecule has 0 spiro atoms. The molecule has 2 aliphatic heterocycles. The summed E-state index contributed by atoms with van der Waals surface area (Å²) in [6.45, 7) is 4.53. The third-order valence-electron chi connectivity index (χ3n) is 4.43. The Balaban J connectivity index is 1.32. The van der Waals surface area contributed by atoms with Crippen LogP contribution in [0.1, 0.15) is 4.88 Å². The molecule has 0 saturated carbocycles. The Kier molecular flexibility index (Phi) is 4.40. The molecular formula is C18H20N2O3S. The van der Waals surface area contributed by atoms with Crippen molar-refractivity contribution in [2.75, 3.05) is 32.8 Å². The van der Waals surface area contributed by atoms with E-state index < -0.39 is 6.10 Å². The topological polar surface area (TPSA) is 42.0 Å². The van der Waals surface area contributed by atoms with E-state index in [1.807, 2.05) is 29.2 Å². The van der Waals surface area contributed by atoms with Crippen LogP contribution >= 0.6 is 11.3 Å². The highest BCUT2D eigenvalue weighted by Gasteiger charge is 2.32. The fraction of sp³-hybridized carbons (Fsp3) is 0.389. The number of hydrogen-bond donors (Lipinski definition) is 0. The van der Waals surface area contributed by atoms with Crippen molar-refractivity contribution in [1.29, 1.82) is 0 Å². The summed E-state index contributed by atoms with van der Waals surface area (Å²) in [6, 6.07) is 11.7. The number of rotatable bonds is 3. The molecule has 0 radical (unpaired) electrons. The first-order valence-electron chi connectivity index (χ1n) is 8.21. The number of carbonyl (C=O) groups excluding carboxylic acids is 1. The molecule has 2 aliphatic rings. The van der Waals surface area contributed by atoms with E-state index in [1.54, 1.807) is 11.3 Å². The van der Waals surface area contributed by atoms with Gasteiger partial charge < -0.3 is 14.4 Å². The van der Waals surface area contributed by atoms with Crippen LogP contribution in [0, 0.1) is 0 Å². The maximum atomic E-state index is 12.7. The smallest absolute Gasteiger partial charge is 0.267 e. The van der Waals surface area contributed by atoms with E-state index in [4.69, 9.17) is 9.47 Å². The predicted octanol–water partition coefficient (Wildman–Crippen LogP) is 2.23. The minimum Gasteiger partial charge on any atom is -0.485 e. The number of hydrogen-bond acceptors (Lipinski definition) is 5. The van der Waals surface area contributed by atoms with Crippen LogP contribution in [0.5, 0.6) is 11.5 Å². The lowest BCUT2D eigenvalue weighted by molar-refractivity contribution is -0.143. The molecule has 1 amide bonds. The van der Waals surface area contributed by atoms with Crippen LogP contribution < -0.4 is 9.47 Å². The van der Waals surface area contributed by atoms with Crippen molar-refractivity contribution in [3.05, 3.63) is 46.7 Å². The van der Waals surface area contributed by atoms with E-state index in [9.17, 15) is 4.79 Å². The van der Waals surface area contributed by atoms with Crippen LogP contribution in [-0.4, -0.2) is 54.6 Å². The Morgan fingerprint density at radius 1 is 1.08 bits per heavy atom. The van der Waals surface area contributed by atoms with E-state index in [-0.39, 0.29) is 12.5 Å². The number of benzene rings is 1. The van der Waals surface area contributed by atoms with Crippen molar-refractivity contribution in [1.82, 2.24) is 9.80 Å². The minimum absolute atomic E-state index is 0.0280. The fourth-order valence-electron chi connectivity index (χ4n) is 3.09. The Labute approximate surface area is 145 Å². The van der Waals surface area contributed by atoms with Crippen molar-refractivity contribution in [2.24, 2.45) is 0 Å². The zero-order valence-corrected chi connectivity index (χ0v) is 14.2. The van der Waals surface area contributed by atoms with Crippen molar-refractivity contribution in [2.45, 2.75) is 12.6 Å². The highest BCUT2D eigenvalue weighted by molar-refractivity contribution is 7.09. The third-order valence-corrected chi connectivity index (χ3v) is 5.29. The van der Waals surface area contributed by atoms with E-state index in [1.165, 1.54) is 4.88 Å². The molecule has 0 aliphatic carbocycles. The van der Waals surface area contributed by atoms with Gasteiger partial charge in [-0.1, -0.05) is 18.2 Å². The third kappa shape index (κ3) is 3.25. The molecule has 0 bridgehead atoms. The first-order valence-corrected chi connectivity index (χ1v) is 9.09. The van der Waals surface area contributed by atoms with E-state index >= 15 is 0 Å². The lowest BCUT2D eigenvalue weighted by atomic mass is 10.2. The van der Waals surface area contributed by atoms with Crippen molar-refractivity contribution >= 4 is 17.2 Å². The van der Waals surface area contributed by atoms with Gasteiger partial charge in [-0.15, -0.1) is 11.3 Å². The van der Waals surface area contributed by atoms with Crippen LogP contribution in [0.15, 0.2) is 41.8 Å². The zero-order chi connectivity index (χ0) is 16.4. The number of ether oxygens (including phenoxy) is 2. The maximum Gasteiger partial charge on any atom is 0.267 e. The molecular weight excluding hydrogens is 324 g/mol. The molecule has 1 aromatic carbocycles. The number of carbonyl (C=O) groups is 1. The quantitative estimate of drug-likeness (QED) is 0.856. The molecule has 5 nitrogen and oxygen atoms in total. The van der Waals surface area contributed by atoms with Gasteiger partial charge >= 0.3 is 0 Å². The molecule has 24 heavy (non-hydrogen) atoms. The van der Waals surface area contributed by atoms with Gasteiger partial charge in [-0.3, -0.25) is 9.69 Å². The van der Waals surface area contributed by atoms with Gasteiger partial charge in [0.15, 0.2) is 11.5 Å². The molecule has 126 valence electrons. The first kappa shape index (κ1) is 15.5. The molecule has 1 atom stereocenters. The van der Waals surface area contributed by atoms with Crippen LogP contribution in [0.3, 0.4) is 0 Å². The number of piperazine rings is 1. The van der Waals surface area contributed by atoms with Crippen LogP contribution in [0.25, 0.3) is 0 Å². The zero-order valence-electron chi connectivity index (χ0n) is 13.4. The Bertz CT molecular complexity index is 696. The van der Waals surface area contributed by atoms with Gasteiger partial charge in [-0.25, -0.2) is 0 Å². The van der Waals surface area contributed by atoms with Crippen LogP contribution in [0.4, 0.5) is 0 Å². The minimum atomic E-state index is -0.538. The number of fused-ring (bicyclic) bond motifs is 1. The largest absolute Gasteiger partial charge is 0.485 e. The van der Waals surface area contributed by atoms with Crippen molar-refractivity contribution in [3.63, 3.8) is 0 Å². The number of para-hydroxylation sites is 2. The second-order valence-electron chi connectivity index (χ2n) is 6.05. The summed E-state index contributed by atoms with van der Waals surface area (Å²) < 4.78 is 11.5. The van der Waals surface area contributed by atoms with Gasteiger partial charge in [0.2, 0.25) is 6.10 Å². The summed E-state index contributed by atoms with van der Waals surface area (Å²) in [7, 11) is 0. The molecule has 0 N–H and O–H groups in total. The van der Waals surface area contributed by atoms with Gasteiger partial charge in [0.05, 0.1) is 0 Å². The van der Waals surface area contributed by atoms with Crippen LogP contribution in [0.2, 0.25) is 0 Å². The number of nitrogens with zero attached hydrogens (tertiary/aromatic N) is 2. The fourth-order valence-corrected chi connectivity index (χ4v) is 3.84. The predicted molar refractivity (Wildman–Crippen MR) is 92.5 cm³/mol. The first-order chi connectivity index (χ1) is 11.8. The summed E-state index contributed by atoms with van der Waals surface area (Å²) >= 11 is 1.78. The SMILES string of the molecule is O=C(C1COc2ccccc2O1)N1CCN(Cc2cccs2)CC1. The van der Waals surface area contributed by atoms with Crippen molar-refractivity contribution in [3.8, 4) is 11.5 Å². The standard InChI is InChI=1S/C18H20N2O3S/c21-18(17-13-22-15-5-1-2-6-16(15)23-17)20-9-7-19(8-10-20)12-14-4-3-11-24-14/h1-6,11,17H,7-10,12-13H2. The summed E-state index contributed by atoms with van der Waals surface area (Å²) in [5.74, 6) is 1.39. The molecule has 2 aromatic rings. The maximum absolute atomic E-state index is 12.7. The monoisotopic (exact) mass is 344 g/mol. The Morgan fingerprint density at radius 2 is 1.88 bits per heavy atom. The molecule has 1 unspecified atom stereocenters. The molecule has 1 fully saturated rings. The van der Waals surface area contributed by atoms with Crippen LogP contribution in [-0.2, 0) is 11.3 Å². The highest BCUT2D eigenvalue weighted by atomic mass is 32.1. The van der Waals surface area contributed by atoms with E-state index in [2.05, 4.69) is 22.4 Å². The Hall–Kier alpha value is -2.05. The number of amides is 1. The second kappa shape index (κ2) is 6.83. The molecule has 1 aromatic heterocycles. The van der Waals surface area contributed by atoms with Gasteiger partial charge in [-0.05, 0) is 23.6 Å². The Morgan fingerprint density at radius 3 is 2.62 bits per heavy atom. The average molecular weight is 344 g/mol. The molecule has 3 heterocycles. The second-order valence-corrected chi connectivity index (χ2v) is 7.08. The molecule has 1 saturated heterocycles. The summed E-state index contributed by atoms with van der Waals surface area (Å²) in [5, 5.41) is 2.10. The summed E-state index contributed by atoms with van der Waals surface area (Å²) in [5.41, 5.74) is 0. The normalized spacial score (nSPS) is 20.8. The molecule has 6 heteroatoms. The summed E-state index contributed by atoms with van der Waals surface area (Å²) in [4.78, 5) is 18.3.